The Morgan fingerprint density at radius 1 is 1.38 bits per heavy atom. The zero-order valence-electron chi connectivity index (χ0n) is 16.0. The van der Waals surface area contributed by atoms with Gasteiger partial charge in [-0.2, -0.15) is 5.10 Å². The van der Waals surface area contributed by atoms with Crippen molar-refractivity contribution in [2.45, 2.75) is 37.8 Å². The minimum Gasteiger partial charge on any atom is -0.323 e. The third-order valence-electron chi connectivity index (χ3n) is 5.72. The Labute approximate surface area is 167 Å². The maximum atomic E-state index is 13.9. The average molecular weight is 399 g/mol. The average Bonchev–Trinajstić information content (AvgIpc) is 3.21. The molecule has 0 aliphatic carbocycles. The number of nitrogens with zero attached hydrogens (tertiary/aromatic N) is 4. The predicted molar refractivity (Wildman–Crippen MR) is 106 cm³/mol. The molecule has 2 atom stereocenters. The number of nitrogens with one attached hydrogen (secondary N) is 1. The van der Waals surface area contributed by atoms with Crippen molar-refractivity contribution in [3.8, 4) is 0 Å². The van der Waals surface area contributed by atoms with Crippen LogP contribution in [0.5, 0.6) is 0 Å². The summed E-state index contributed by atoms with van der Waals surface area (Å²) in [5, 5.41) is 17.6. The zero-order valence-corrected chi connectivity index (χ0v) is 16.0. The fraction of sp³-hybridized carbons (Fsp3) is 0.400. The summed E-state index contributed by atoms with van der Waals surface area (Å²) in [5.41, 5.74) is 1.99. The molecular weight excluding hydrogens is 377 g/mol. The lowest BCUT2D eigenvalue weighted by atomic mass is 9.98. The first-order valence-electron chi connectivity index (χ1n) is 9.61. The molecule has 152 valence electrons. The summed E-state index contributed by atoms with van der Waals surface area (Å²) in [5.74, 6) is -1.05. The fourth-order valence-corrected chi connectivity index (χ4v) is 4.31. The summed E-state index contributed by atoms with van der Waals surface area (Å²) >= 11 is 0. The third-order valence-corrected chi connectivity index (χ3v) is 5.72. The highest BCUT2D eigenvalue weighted by atomic mass is 19.1. The molecule has 1 aromatic carbocycles. The number of nitro benzene ring substituents is 1. The maximum Gasteiger partial charge on any atom is 0.271 e. The number of aromatic nitrogens is 2. The lowest BCUT2D eigenvalue weighted by molar-refractivity contribution is -0.384. The molecule has 0 radical (unpaired) electrons. The van der Waals surface area contributed by atoms with E-state index in [9.17, 15) is 19.3 Å². The zero-order chi connectivity index (χ0) is 20.5. The molecule has 1 amide bonds. The van der Waals surface area contributed by atoms with E-state index < -0.39 is 10.7 Å². The van der Waals surface area contributed by atoms with Crippen LogP contribution in [0.1, 0.15) is 31.4 Å². The van der Waals surface area contributed by atoms with Crippen LogP contribution in [0, 0.1) is 15.9 Å². The number of halogens is 1. The molecule has 1 fully saturated rings. The molecule has 0 spiro atoms. The molecule has 1 aromatic heterocycles. The van der Waals surface area contributed by atoms with Crippen molar-refractivity contribution in [1.82, 2.24) is 14.7 Å². The summed E-state index contributed by atoms with van der Waals surface area (Å²) in [4.78, 5) is 24.9. The number of hydrogen-bond donors (Lipinski definition) is 1. The summed E-state index contributed by atoms with van der Waals surface area (Å²) in [6.07, 6.45) is 7.29. The highest BCUT2D eigenvalue weighted by Crippen LogP contribution is 2.38. The molecule has 4 rings (SSSR count). The van der Waals surface area contributed by atoms with E-state index in [0.717, 1.165) is 43.2 Å². The van der Waals surface area contributed by atoms with Crippen LogP contribution < -0.4 is 5.32 Å². The van der Waals surface area contributed by atoms with Gasteiger partial charge in [-0.15, -0.1) is 0 Å². The number of rotatable bonds is 6. The molecule has 1 saturated heterocycles. The Balaban J connectivity index is 1.38. The van der Waals surface area contributed by atoms with Gasteiger partial charge in [-0.25, -0.2) is 4.39 Å². The topological polar surface area (TPSA) is 93.3 Å². The molecule has 2 bridgehead atoms. The van der Waals surface area contributed by atoms with E-state index in [0.29, 0.717) is 12.6 Å². The van der Waals surface area contributed by atoms with E-state index in [2.05, 4.69) is 21.4 Å². The molecule has 8 nitrogen and oxygen atoms in total. The lowest BCUT2D eigenvalue weighted by Crippen LogP contribution is -2.40. The summed E-state index contributed by atoms with van der Waals surface area (Å²) in [7, 11) is 1.93. The first kappa shape index (κ1) is 19.3. The number of fused-ring (bicyclic) bond motifs is 2. The van der Waals surface area contributed by atoms with Gasteiger partial charge in [0.15, 0.2) is 0 Å². The van der Waals surface area contributed by atoms with Gasteiger partial charge in [0, 0.05) is 50.4 Å². The van der Waals surface area contributed by atoms with Crippen molar-refractivity contribution >= 4 is 22.9 Å². The largest absolute Gasteiger partial charge is 0.323 e. The molecule has 9 heteroatoms. The van der Waals surface area contributed by atoms with E-state index in [1.165, 1.54) is 5.57 Å². The van der Waals surface area contributed by atoms with Crippen molar-refractivity contribution < 1.29 is 14.1 Å². The van der Waals surface area contributed by atoms with Gasteiger partial charge in [-0.05, 0) is 37.0 Å². The van der Waals surface area contributed by atoms with E-state index in [-0.39, 0.29) is 29.7 Å². The van der Waals surface area contributed by atoms with E-state index in [1.807, 2.05) is 17.8 Å². The van der Waals surface area contributed by atoms with Gasteiger partial charge in [0.1, 0.15) is 5.82 Å². The normalized spacial score (nSPS) is 21.1. The Morgan fingerprint density at radius 3 is 2.90 bits per heavy atom. The second-order valence-electron chi connectivity index (χ2n) is 7.49. The number of carbonyl (C=O) groups excluding carboxylic acids is 1. The Hall–Kier alpha value is -3.07. The van der Waals surface area contributed by atoms with E-state index >= 15 is 0 Å². The van der Waals surface area contributed by atoms with Gasteiger partial charge in [0.05, 0.1) is 16.3 Å². The highest BCUT2D eigenvalue weighted by molar-refractivity contribution is 5.91. The first-order chi connectivity index (χ1) is 13.9. The number of hydrogen-bond acceptors (Lipinski definition) is 5. The molecule has 2 aliphatic heterocycles. The molecule has 0 saturated carbocycles. The highest BCUT2D eigenvalue weighted by Gasteiger charge is 2.37. The van der Waals surface area contributed by atoms with Gasteiger partial charge in [0.25, 0.3) is 5.69 Å². The summed E-state index contributed by atoms with van der Waals surface area (Å²) in [6, 6.07) is 5.77. The number of anilines is 1. The van der Waals surface area contributed by atoms with Crippen molar-refractivity contribution in [3.63, 3.8) is 0 Å². The minimum atomic E-state index is -0.689. The Bertz CT molecular complexity index is 986. The number of carbonyl (C=O) groups is 1. The number of amides is 1. The maximum absolute atomic E-state index is 13.9. The van der Waals surface area contributed by atoms with Crippen LogP contribution in [0.3, 0.4) is 0 Å². The number of aryl methyl sites for hydroxylation is 1. The molecule has 2 aromatic rings. The predicted octanol–water partition coefficient (Wildman–Crippen LogP) is 3.12. The van der Waals surface area contributed by atoms with Crippen LogP contribution >= 0.6 is 0 Å². The van der Waals surface area contributed by atoms with Crippen LogP contribution in [0.4, 0.5) is 15.8 Å². The van der Waals surface area contributed by atoms with Crippen molar-refractivity contribution in [1.29, 1.82) is 0 Å². The molecule has 1 N–H and O–H groups in total. The van der Waals surface area contributed by atoms with Crippen LogP contribution in [0.15, 0.2) is 36.5 Å². The molecule has 2 unspecified atom stereocenters. The van der Waals surface area contributed by atoms with Crippen LogP contribution in [0.2, 0.25) is 0 Å². The van der Waals surface area contributed by atoms with Crippen molar-refractivity contribution in [2.24, 2.45) is 7.05 Å². The minimum absolute atomic E-state index is 0.163. The monoisotopic (exact) mass is 399 g/mol. The van der Waals surface area contributed by atoms with E-state index in [4.69, 9.17) is 0 Å². The third kappa shape index (κ3) is 3.91. The molecule has 2 aliphatic rings. The molecule has 29 heavy (non-hydrogen) atoms. The van der Waals surface area contributed by atoms with Gasteiger partial charge >= 0.3 is 0 Å². The lowest BCUT2D eigenvalue weighted by Gasteiger charge is -2.33. The van der Waals surface area contributed by atoms with Gasteiger partial charge < -0.3 is 5.32 Å². The summed E-state index contributed by atoms with van der Waals surface area (Å²) in [6.45, 7) is 0.562. The first-order valence-corrected chi connectivity index (χ1v) is 9.61. The van der Waals surface area contributed by atoms with Crippen molar-refractivity contribution in [2.75, 3.05) is 11.9 Å². The van der Waals surface area contributed by atoms with Gasteiger partial charge in [-0.3, -0.25) is 24.5 Å². The van der Waals surface area contributed by atoms with Gasteiger partial charge in [-0.1, -0.05) is 6.08 Å². The Kier molecular flexibility index (Phi) is 5.14. The quantitative estimate of drug-likeness (QED) is 0.595. The van der Waals surface area contributed by atoms with Crippen LogP contribution in [0.25, 0.3) is 5.57 Å². The second kappa shape index (κ2) is 7.75. The number of non-ortho nitro benzene ring substituents is 1. The number of benzene rings is 1. The standard InChI is InChI=1S/C20H22FN5O3/c1-24-19(6-8-22-24)13-10-14-2-3-15(11-13)25(14)9-7-20(27)23-18-12-16(26(28)29)4-5-17(18)21/h4-6,8,10,12,14-15H,2-3,7,9,11H2,1H3,(H,23,27). The SMILES string of the molecule is Cn1nccc1C1=CC2CCC(C1)N2CCC(=O)Nc1cc([N+](=O)[O-])ccc1F. The van der Waals surface area contributed by atoms with Gasteiger partial charge in [0.2, 0.25) is 5.91 Å². The summed E-state index contributed by atoms with van der Waals surface area (Å²) < 4.78 is 15.7. The molecular formula is C20H22FN5O3. The Morgan fingerprint density at radius 2 is 2.21 bits per heavy atom. The van der Waals surface area contributed by atoms with Crippen LogP contribution in [-0.2, 0) is 11.8 Å². The number of nitro groups is 1. The second-order valence-corrected chi connectivity index (χ2v) is 7.49. The molecule has 3 heterocycles. The van der Waals surface area contributed by atoms with Crippen LogP contribution in [-0.4, -0.2) is 44.1 Å². The smallest absolute Gasteiger partial charge is 0.271 e. The van der Waals surface area contributed by atoms with E-state index in [1.54, 1.807) is 6.20 Å². The van der Waals surface area contributed by atoms with Crippen molar-refractivity contribution in [3.05, 3.63) is 58.2 Å². The fourth-order valence-electron chi connectivity index (χ4n) is 4.31.